The smallest absolute Gasteiger partial charge is 0.127 e. The molecule has 32 heavy (non-hydrogen) atoms. The van der Waals surface area contributed by atoms with Gasteiger partial charge >= 0.3 is 0 Å². The molecule has 2 aromatic carbocycles. The zero-order valence-electron chi connectivity index (χ0n) is 20.2. The first-order valence-corrected chi connectivity index (χ1v) is 11.8. The number of nitrogens with zero attached hydrogens (tertiary/aromatic N) is 1. The first-order chi connectivity index (χ1) is 15.1. The Hall–Kier alpha value is -2.39. The van der Waals surface area contributed by atoms with Crippen molar-refractivity contribution in [1.29, 1.82) is 0 Å². The number of rotatable bonds is 7. The molecule has 2 nitrogen and oxygen atoms in total. The van der Waals surface area contributed by atoms with Crippen molar-refractivity contribution in [2.75, 3.05) is 11.9 Å². The fourth-order valence-corrected chi connectivity index (χ4v) is 4.50. The van der Waals surface area contributed by atoms with E-state index in [0.717, 1.165) is 63.3 Å². The van der Waals surface area contributed by atoms with Gasteiger partial charge in [-0.1, -0.05) is 51.4 Å². The summed E-state index contributed by atoms with van der Waals surface area (Å²) < 4.78 is 14.8. The summed E-state index contributed by atoms with van der Waals surface area (Å²) in [4.78, 5) is 4.57. The lowest BCUT2D eigenvalue weighted by atomic mass is 9.87. The maximum absolute atomic E-state index is 14.8. The molecule has 0 atom stereocenters. The number of nitrogens with one attached hydrogen (secondary N) is 1. The standard InChI is InChI=1S/C28H34ClFN2/c1-16(2)12-21-8-9-22(13-24(21)30)26-18(5)19(6)27(28(29)20(26)7)23-10-11-25(32-15-23)31-14-17(3)4/h8-11,13,15-17H,12,14H2,1-7H3,(H,31,32). The third-order valence-electron chi connectivity index (χ3n) is 5.95. The van der Waals surface area contributed by atoms with E-state index in [-0.39, 0.29) is 5.82 Å². The number of anilines is 1. The number of pyridine rings is 1. The lowest BCUT2D eigenvalue weighted by Crippen LogP contribution is -2.08. The van der Waals surface area contributed by atoms with Crippen molar-refractivity contribution in [3.05, 3.63) is 69.6 Å². The molecule has 3 aromatic rings. The zero-order chi connectivity index (χ0) is 23.6. The molecule has 0 fully saturated rings. The van der Waals surface area contributed by atoms with Crippen LogP contribution in [0.25, 0.3) is 22.3 Å². The minimum atomic E-state index is -0.151. The highest BCUT2D eigenvalue weighted by Crippen LogP contribution is 2.42. The minimum Gasteiger partial charge on any atom is -0.370 e. The Morgan fingerprint density at radius 1 is 0.875 bits per heavy atom. The van der Waals surface area contributed by atoms with Crippen LogP contribution in [0.15, 0.2) is 36.5 Å². The molecule has 0 aliphatic carbocycles. The van der Waals surface area contributed by atoms with Crippen LogP contribution in [0.1, 0.15) is 49.9 Å². The molecule has 1 N–H and O–H groups in total. The van der Waals surface area contributed by atoms with Gasteiger partial charge in [0.1, 0.15) is 11.6 Å². The maximum atomic E-state index is 14.8. The van der Waals surface area contributed by atoms with Crippen LogP contribution in [0.2, 0.25) is 5.02 Å². The molecular weight excluding hydrogens is 419 g/mol. The van der Waals surface area contributed by atoms with Crippen LogP contribution in [-0.2, 0) is 6.42 Å². The van der Waals surface area contributed by atoms with E-state index in [1.165, 1.54) is 0 Å². The summed E-state index contributed by atoms with van der Waals surface area (Å²) in [5, 5.41) is 4.04. The van der Waals surface area contributed by atoms with E-state index in [1.807, 2.05) is 31.3 Å². The normalized spacial score (nSPS) is 11.5. The van der Waals surface area contributed by atoms with Gasteiger partial charge in [-0.25, -0.2) is 9.37 Å². The van der Waals surface area contributed by atoms with Crippen LogP contribution < -0.4 is 5.32 Å². The number of aromatic nitrogens is 1. The largest absolute Gasteiger partial charge is 0.370 e. The third kappa shape index (κ3) is 5.15. The van der Waals surface area contributed by atoms with Gasteiger partial charge in [-0.15, -0.1) is 0 Å². The molecule has 0 amide bonds. The highest BCUT2D eigenvalue weighted by Gasteiger charge is 2.19. The third-order valence-corrected chi connectivity index (χ3v) is 6.42. The Morgan fingerprint density at radius 3 is 2.09 bits per heavy atom. The molecule has 0 radical (unpaired) electrons. The van der Waals surface area contributed by atoms with Crippen molar-refractivity contribution in [3.63, 3.8) is 0 Å². The maximum Gasteiger partial charge on any atom is 0.127 e. The van der Waals surface area contributed by atoms with E-state index < -0.39 is 0 Å². The van der Waals surface area contributed by atoms with Crippen molar-refractivity contribution in [1.82, 2.24) is 4.98 Å². The van der Waals surface area contributed by atoms with E-state index in [2.05, 4.69) is 57.9 Å². The summed E-state index contributed by atoms with van der Waals surface area (Å²) in [6.45, 7) is 15.6. The molecule has 1 heterocycles. The number of hydrogen-bond acceptors (Lipinski definition) is 2. The first kappa shape index (κ1) is 24.3. The van der Waals surface area contributed by atoms with E-state index >= 15 is 0 Å². The van der Waals surface area contributed by atoms with Gasteiger partial charge in [-0.05, 0) is 90.6 Å². The highest BCUT2D eigenvalue weighted by atomic mass is 35.5. The summed E-state index contributed by atoms with van der Waals surface area (Å²) >= 11 is 6.91. The van der Waals surface area contributed by atoms with E-state index in [0.29, 0.717) is 16.9 Å². The van der Waals surface area contributed by atoms with Gasteiger partial charge in [-0.2, -0.15) is 0 Å². The summed E-state index contributed by atoms with van der Waals surface area (Å²) in [6.07, 6.45) is 2.60. The summed E-state index contributed by atoms with van der Waals surface area (Å²) in [5.41, 5.74) is 7.77. The Morgan fingerprint density at radius 2 is 1.53 bits per heavy atom. The van der Waals surface area contributed by atoms with Crippen molar-refractivity contribution >= 4 is 17.4 Å². The van der Waals surface area contributed by atoms with Crippen LogP contribution in [0.5, 0.6) is 0 Å². The average molecular weight is 453 g/mol. The van der Waals surface area contributed by atoms with Crippen molar-refractivity contribution in [3.8, 4) is 22.3 Å². The molecule has 0 saturated heterocycles. The highest BCUT2D eigenvalue weighted by molar-refractivity contribution is 6.35. The average Bonchev–Trinajstić information content (AvgIpc) is 2.73. The molecule has 0 aliphatic heterocycles. The molecule has 0 aliphatic rings. The molecule has 4 heteroatoms. The Balaban J connectivity index is 2.03. The monoisotopic (exact) mass is 452 g/mol. The van der Waals surface area contributed by atoms with Gasteiger partial charge in [0.15, 0.2) is 0 Å². The van der Waals surface area contributed by atoms with Gasteiger partial charge in [-0.3, -0.25) is 0 Å². The zero-order valence-corrected chi connectivity index (χ0v) is 21.0. The second-order valence-corrected chi connectivity index (χ2v) is 9.93. The van der Waals surface area contributed by atoms with E-state index in [4.69, 9.17) is 11.6 Å². The van der Waals surface area contributed by atoms with Gasteiger partial charge in [0.05, 0.1) is 5.02 Å². The lowest BCUT2D eigenvalue weighted by molar-refractivity contribution is 0.574. The molecule has 0 unspecified atom stereocenters. The Labute approximate surface area is 197 Å². The van der Waals surface area contributed by atoms with Crippen LogP contribution in [-0.4, -0.2) is 11.5 Å². The van der Waals surface area contributed by atoms with Crippen molar-refractivity contribution in [2.45, 2.75) is 54.9 Å². The summed E-state index contributed by atoms with van der Waals surface area (Å²) in [5.74, 6) is 1.67. The fraction of sp³-hybridized carbons (Fsp3) is 0.393. The second kappa shape index (κ2) is 10.0. The molecule has 3 rings (SSSR count). The Kier molecular flexibility index (Phi) is 7.61. The van der Waals surface area contributed by atoms with Gasteiger partial charge in [0.2, 0.25) is 0 Å². The predicted molar refractivity (Wildman–Crippen MR) is 136 cm³/mol. The van der Waals surface area contributed by atoms with E-state index in [9.17, 15) is 4.39 Å². The molecule has 170 valence electrons. The second-order valence-electron chi connectivity index (χ2n) is 9.55. The van der Waals surface area contributed by atoms with Crippen LogP contribution in [0, 0.1) is 38.4 Å². The molecular formula is C28H34ClFN2. The topological polar surface area (TPSA) is 24.9 Å². The molecule has 0 saturated carbocycles. The fourth-order valence-electron chi connectivity index (χ4n) is 4.16. The van der Waals surface area contributed by atoms with Gasteiger partial charge < -0.3 is 5.32 Å². The SMILES string of the molecule is Cc1c(C)c(-c2ccc(NCC(C)C)nc2)c(Cl)c(C)c1-c1ccc(CC(C)C)c(F)c1. The molecule has 0 spiro atoms. The summed E-state index contributed by atoms with van der Waals surface area (Å²) in [6, 6.07) is 9.63. The first-order valence-electron chi connectivity index (χ1n) is 11.4. The van der Waals surface area contributed by atoms with Crippen LogP contribution in [0.3, 0.4) is 0 Å². The van der Waals surface area contributed by atoms with Crippen molar-refractivity contribution in [2.24, 2.45) is 11.8 Å². The summed E-state index contributed by atoms with van der Waals surface area (Å²) in [7, 11) is 0. The number of halogens is 2. The van der Waals surface area contributed by atoms with Crippen LogP contribution in [0.4, 0.5) is 10.2 Å². The number of hydrogen-bond donors (Lipinski definition) is 1. The van der Waals surface area contributed by atoms with Gasteiger partial charge in [0.25, 0.3) is 0 Å². The Bertz CT molecular complexity index is 1070. The van der Waals surface area contributed by atoms with Crippen molar-refractivity contribution < 1.29 is 4.39 Å². The van der Waals surface area contributed by atoms with Crippen LogP contribution >= 0.6 is 11.6 Å². The van der Waals surface area contributed by atoms with E-state index in [1.54, 1.807) is 6.07 Å². The minimum absolute atomic E-state index is 0.151. The molecule has 1 aromatic heterocycles. The quantitative estimate of drug-likeness (QED) is 0.389. The molecule has 0 bridgehead atoms. The number of benzene rings is 2. The van der Waals surface area contributed by atoms with Gasteiger partial charge in [0, 0.05) is 23.9 Å². The predicted octanol–water partition coefficient (Wildman–Crippen LogP) is 8.40. The lowest BCUT2D eigenvalue weighted by Gasteiger charge is -2.20.